The van der Waals surface area contributed by atoms with E-state index in [1.165, 1.54) is 14.2 Å². The van der Waals surface area contributed by atoms with Crippen LogP contribution in [0.2, 0.25) is 5.02 Å². The standard InChI is InChI=1S/C19H21ClN6O3/c1-28-15-9-16(29-2)14(8-13(15)20)22-19(27)12-4-3-7-25(10-12)18-6-5-17-23-21-11-26(17)24-18/h5-6,8-9,11-12H,3-4,7,10H2,1-2H3,(H,22,27)/t12-/m0/s1. The first-order valence-electron chi connectivity index (χ1n) is 9.23. The molecule has 29 heavy (non-hydrogen) atoms. The van der Waals surface area contributed by atoms with Crippen LogP contribution >= 0.6 is 11.6 Å². The minimum absolute atomic E-state index is 0.0837. The lowest BCUT2D eigenvalue weighted by atomic mass is 9.97. The monoisotopic (exact) mass is 416 g/mol. The van der Waals surface area contributed by atoms with Gasteiger partial charge in [-0.2, -0.15) is 4.52 Å². The molecular weight excluding hydrogens is 396 g/mol. The summed E-state index contributed by atoms with van der Waals surface area (Å²) < 4.78 is 12.2. The fourth-order valence-corrected chi connectivity index (χ4v) is 3.72. The number of nitrogens with one attached hydrogen (secondary N) is 1. The highest BCUT2D eigenvalue weighted by molar-refractivity contribution is 6.32. The number of hydrogen-bond donors (Lipinski definition) is 1. The molecule has 9 nitrogen and oxygen atoms in total. The number of piperidine rings is 1. The molecule has 0 spiro atoms. The maximum absolute atomic E-state index is 12.9. The first kappa shape index (κ1) is 19.3. The van der Waals surface area contributed by atoms with E-state index in [1.807, 2.05) is 12.1 Å². The van der Waals surface area contributed by atoms with Crippen molar-refractivity contribution in [1.82, 2.24) is 19.8 Å². The van der Waals surface area contributed by atoms with Gasteiger partial charge in [-0.3, -0.25) is 4.79 Å². The molecule has 0 aliphatic carbocycles. The Morgan fingerprint density at radius 3 is 2.86 bits per heavy atom. The normalized spacial score (nSPS) is 16.7. The van der Waals surface area contributed by atoms with Crippen molar-refractivity contribution in [3.8, 4) is 11.5 Å². The second kappa shape index (κ2) is 8.12. The van der Waals surface area contributed by atoms with Gasteiger partial charge in [-0.1, -0.05) is 11.6 Å². The summed E-state index contributed by atoms with van der Waals surface area (Å²) in [6.07, 6.45) is 3.25. The Kier molecular flexibility index (Phi) is 5.39. The molecule has 1 N–H and O–H groups in total. The number of ether oxygens (including phenoxy) is 2. The molecule has 3 heterocycles. The van der Waals surface area contributed by atoms with Crippen molar-refractivity contribution in [3.63, 3.8) is 0 Å². The lowest BCUT2D eigenvalue weighted by molar-refractivity contribution is -0.120. The average Bonchev–Trinajstić information content (AvgIpc) is 3.22. The van der Waals surface area contributed by atoms with Gasteiger partial charge in [0.1, 0.15) is 23.6 Å². The summed E-state index contributed by atoms with van der Waals surface area (Å²) in [5, 5.41) is 15.7. The number of anilines is 2. The number of aromatic nitrogens is 4. The number of carbonyl (C=O) groups excluding carboxylic acids is 1. The highest BCUT2D eigenvalue weighted by Crippen LogP contribution is 2.36. The van der Waals surface area contributed by atoms with E-state index in [1.54, 1.807) is 23.0 Å². The molecule has 1 atom stereocenters. The first-order valence-corrected chi connectivity index (χ1v) is 9.61. The summed E-state index contributed by atoms with van der Waals surface area (Å²) in [6.45, 7) is 1.40. The molecule has 2 aromatic heterocycles. The molecule has 0 unspecified atom stereocenters. The Labute approximate surface area is 172 Å². The van der Waals surface area contributed by atoms with Crippen molar-refractivity contribution < 1.29 is 14.3 Å². The van der Waals surface area contributed by atoms with Crippen LogP contribution in [-0.2, 0) is 4.79 Å². The highest BCUT2D eigenvalue weighted by atomic mass is 35.5. The zero-order chi connectivity index (χ0) is 20.4. The van der Waals surface area contributed by atoms with Crippen LogP contribution in [0.1, 0.15) is 12.8 Å². The molecule has 1 aliphatic heterocycles. The largest absolute Gasteiger partial charge is 0.495 e. The maximum Gasteiger partial charge on any atom is 0.229 e. The summed E-state index contributed by atoms with van der Waals surface area (Å²) in [6, 6.07) is 7.06. The van der Waals surface area contributed by atoms with Gasteiger partial charge in [-0.05, 0) is 31.0 Å². The molecule has 1 aliphatic rings. The van der Waals surface area contributed by atoms with E-state index in [-0.39, 0.29) is 11.8 Å². The number of fused-ring (bicyclic) bond motifs is 1. The van der Waals surface area contributed by atoms with Crippen molar-refractivity contribution in [2.75, 3.05) is 37.5 Å². The number of carbonyl (C=O) groups is 1. The van der Waals surface area contributed by atoms with Crippen molar-refractivity contribution in [1.29, 1.82) is 0 Å². The zero-order valence-corrected chi connectivity index (χ0v) is 16.9. The Morgan fingerprint density at radius 2 is 2.07 bits per heavy atom. The zero-order valence-electron chi connectivity index (χ0n) is 16.1. The number of rotatable bonds is 5. The van der Waals surface area contributed by atoms with Crippen molar-refractivity contribution in [3.05, 3.63) is 35.6 Å². The number of amides is 1. The van der Waals surface area contributed by atoms with E-state index in [9.17, 15) is 4.79 Å². The molecule has 4 rings (SSSR count). The minimum atomic E-state index is -0.187. The quantitative estimate of drug-likeness (QED) is 0.683. The molecule has 1 aromatic carbocycles. The lowest BCUT2D eigenvalue weighted by Gasteiger charge is -2.32. The topological polar surface area (TPSA) is 93.9 Å². The van der Waals surface area contributed by atoms with Gasteiger partial charge in [0.25, 0.3) is 0 Å². The Hall–Kier alpha value is -3.07. The third-order valence-electron chi connectivity index (χ3n) is 5.00. The number of benzene rings is 1. The van der Waals surface area contributed by atoms with Crippen LogP contribution in [0.4, 0.5) is 11.5 Å². The molecule has 3 aromatic rings. The van der Waals surface area contributed by atoms with Crippen LogP contribution in [0.5, 0.6) is 11.5 Å². The van der Waals surface area contributed by atoms with E-state index < -0.39 is 0 Å². The Balaban J connectivity index is 1.49. The number of nitrogens with zero attached hydrogens (tertiary/aromatic N) is 5. The Morgan fingerprint density at radius 1 is 1.24 bits per heavy atom. The molecule has 152 valence electrons. The van der Waals surface area contributed by atoms with E-state index in [4.69, 9.17) is 21.1 Å². The summed E-state index contributed by atoms with van der Waals surface area (Å²) in [4.78, 5) is 15.0. The van der Waals surface area contributed by atoms with Crippen molar-refractivity contribution in [2.24, 2.45) is 5.92 Å². The first-order chi connectivity index (χ1) is 14.1. The van der Waals surface area contributed by atoms with E-state index in [0.29, 0.717) is 34.4 Å². The molecule has 1 saturated heterocycles. The highest BCUT2D eigenvalue weighted by Gasteiger charge is 2.27. The van der Waals surface area contributed by atoms with E-state index in [2.05, 4.69) is 25.5 Å². The van der Waals surface area contributed by atoms with Gasteiger partial charge < -0.3 is 19.7 Å². The van der Waals surface area contributed by atoms with Gasteiger partial charge in [0.05, 0.1) is 30.8 Å². The second-order valence-electron chi connectivity index (χ2n) is 6.79. The van der Waals surface area contributed by atoms with Crippen LogP contribution in [0.25, 0.3) is 5.65 Å². The number of hydrogen-bond acceptors (Lipinski definition) is 7. The summed E-state index contributed by atoms with van der Waals surface area (Å²) >= 11 is 6.21. The molecule has 0 radical (unpaired) electrons. The predicted octanol–water partition coefficient (Wildman–Crippen LogP) is 2.65. The molecule has 1 fully saturated rings. The summed E-state index contributed by atoms with van der Waals surface area (Å²) in [7, 11) is 3.06. The fourth-order valence-electron chi connectivity index (χ4n) is 3.48. The summed E-state index contributed by atoms with van der Waals surface area (Å²) in [5.41, 5.74) is 1.20. The molecular formula is C19H21ClN6O3. The molecule has 10 heteroatoms. The van der Waals surface area contributed by atoms with Crippen LogP contribution in [0.15, 0.2) is 30.6 Å². The van der Waals surface area contributed by atoms with Gasteiger partial charge in [-0.25, -0.2) is 0 Å². The Bertz CT molecular complexity index is 1040. The van der Waals surface area contributed by atoms with E-state index >= 15 is 0 Å². The predicted molar refractivity (Wildman–Crippen MR) is 109 cm³/mol. The minimum Gasteiger partial charge on any atom is -0.495 e. The third-order valence-corrected chi connectivity index (χ3v) is 5.29. The molecule has 0 saturated carbocycles. The average molecular weight is 417 g/mol. The number of methoxy groups -OCH3 is 2. The number of halogens is 1. The second-order valence-corrected chi connectivity index (χ2v) is 7.19. The summed E-state index contributed by atoms with van der Waals surface area (Å²) in [5.74, 6) is 1.50. The van der Waals surface area contributed by atoms with Gasteiger partial charge in [-0.15, -0.1) is 15.3 Å². The van der Waals surface area contributed by atoms with Crippen LogP contribution in [0.3, 0.4) is 0 Å². The molecule has 1 amide bonds. The smallest absolute Gasteiger partial charge is 0.229 e. The van der Waals surface area contributed by atoms with Crippen LogP contribution in [-0.4, -0.2) is 53.0 Å². The fraction of sp³-hybridized carbons (Fsp3) is 0.368. The van der Waals surface area contributed by atoms with Crippen LogP contribution in [0, 0.1) is 5.92 Å². The van der Waals surface area contributed by atoms with Gasteiger partial charge in [0, 0.05) is 19.2 Å². The molecule has 0 bridgehead atoms. The van der Waals surface area contributed by atoms with Crippen LogP contribution < -0.4 is 19.7 Å². The van der Waals surface area contributed by atoms with Crippen molar-refractivity contribution >= 4 is 34.7 Å². The van der Waals surface area contributed by atoms with Gasteiger partial charge >= 0.3 is 0 Å². The van der Waals surface area contributed by atoms with E-state index in [0.717, 1.165) is 25.2 Å². The maximum atomic E-state index is 12.9. The van der Waals surface area contributed by atoms with Crippen molar-refractivity contribution in [2.45, 2.75) is 12.8 Å². The van der Waals surface area contributed by atoms with Gasteiger partial charge in [0.2, 0.25) is 5.91 Å². The lowest BCUT2D eigenvalue weighted by Crippen LogP contribution is -2.41. The third kappa shape index (κ3) is 3.91. The van der Waals surface area contributed by atoms with Gasteiger partial charge in [0.15, 0.2) is 5.65 Å². The SMILES string of the molecule is COc1cc(OC)c(NC(=O)[C@H]2CCCN(c3ccc4nncn4n3)C2)cc1Cl.